The number of carbonyl (C=O) groups is 1. The van der Waals surface area contributed by atoms with Gasteiger partial charge in [0.05, 0.1) is 5.02 Å². The number of amides is 1. The van der Waals surface area contributed by atoms with E-state index in [-0.39, 0.29) is 18.0 Å². The lowest BCUT2D eigenvalue weighted by Gasteiger charge is -2.39. The van der Waals surface area contributed by atoms with Crippen molar-refractivity contribution in [1.29, 1.82) is 0 Å². The van der Waals surface area contributed by atoms with E-state index in [4.69, 9.17) is 11.6 Å². The Labute approximate surface area is 106 Å². The first-order valence-corrected chi connectivity index (χ1v) is 6.12. The maximum atomic E-state index is 12.3. The lowest BCUT2D eigenvalue weighted by atomic mass is 10.1. The van der Waals surface area contributed by atoms with Gasteiger partial charge in [-0.1, -0.05) is 11.6 Å². The van der Waals surface area contributed by atoms with Crippen LogP contribution in [0.4, 0.5) is 0 Å². The second kappa shape index (κ2) is 5.02. The molecule has 1 aliphatic rings. The first kappa shape index (κ1) is 12.3. The molecule has 1 amide bonds. The van der Waals surface area contributed by atoms with Crippen molar-refractivity contribution in [2.45, 2.75) is 25.9 Å². The Bertz CT molecular complexity index is 397. The summed E-state index contributed by atoms with van der Waals surface area (Å²) in [6.45, 7) is 5.72. The normalized spacial score (nSPS) is 24.8. The summed E-state index contributed by atoms with van der Waals surface area (Å²) >= 11 is 5.76. The Morgan fingerprint density at radius 3 is 2.59 bits per heavy atom. The number of aromatic nitrogens is 1. The molecule has 0 saturated carbocycles. The van der Waals surface area contributed by atoms with Gasteiger partial charge in [0.2, 0.25) is 0 Å². The fraction of sp³-hybridized carbons (Fsp3) is 0.500. The number of nitrogens with one attached hydrogen (secondary N) is 1. The fourth-order valence-corrected chi connectivity index (χ4v) is 2.28. The first-order chi connectivity index (χ1) is 8.09. The molecule has 2 atom stereocenters. The molecule has 0 aromatic carbocycles. The van der Waals surface area contributed by atoms with Gasteiger partial charge in [-0.2, -0.15) is 0 Å². The van der Waals surface area contributed by atoms with Crippen molar-refractivity contribution >= 4 is 17.5 Å². The van der Waals surface area contributed by atoms with E-state index in [0.717, 1.165) is 13.1 Å². The maximum Gasteiger partial charge on any atom is 0.273 e. The van der Waals surface area contributed by atoms with Gasteiger partial charge in [0.15, 0.2) is 0 Å². The minimum atomic E-state index is -0.0248. The summed E-state index contributed by atoms with van der Waals surface area (Å²) in [7, 11) is 0. The fourth-order valence-electron chi connectivity index (χ4n) is 2.17. The van der Waals surface area contributed by atoms with Crippen molar-refractivity contribution in [2.75, 3.05) is 13.1 Å². The highest BCUT2D eigenvalue weighted by atomic mass is 35.5. The van der Waals surface area contributed by atoms with Crippen LogP contribution in [0.2, 0.25) is 5.02 Å². The van der Waals surface area contributed by atoms with Crippen LogP contribution in [0, 0.1) is 0 Å². The minimum absolute atomic E-state index is 0.0248. The lowest BCUT2D eigenvalue weighted by molar-refractivity contribution is 0.0538. The van der Waals surface area contributed by atoms with Gasteiger partial charge in [0.1, 0.15) is 5.69 Å². The van der Waals surface area contributed by atoms with E-state index in [1.807, 2.05) is 18.7 Å². The number of hydrogen-bond donors (Lipinski definition) is 1. The van der Waals surface area contributed by atoms with Gasteiger partial charge < -0.3 is 10.2 Å². The molecule has 4 nitrogen and oxygen atoms in total. The van der Waals surface area contributed by atoms with Crippen molar-refractivity contribution < 1.29 is 4.79 Å². The van der Waals surface area contributed by atoms with Crippen LogP contribution in [0.15, 0.2) is 18.3 Å². The van der Waals surface area contributed by atoms with E-state index >= 15 is 0 Å². The Balaban J connectivity index is 2.20. The molecule has 2 unspecified atom stereocenters. The molecule has 0 bridgehead atoms. The van der Waals surface area contributed by atoms with Gasteiger partial charge in [0, 0.05) is 31.4 Å². The van der Waals surface area contributed by atoms with E-state index in [1.165, 1.54) is 6.20 Å². The van der Waals surface area contributed by atoms with E-state index in [9.17, 15) is 4.79 Å². The highest BCUT2D eigenvalue weighted by Crippen LogP contribution is 2.15. The highest BCUT2D eigenvalue weighted by Gasteiger charge is 2.29. The van der Waals surface area contributed by atoms with E-state index in [1.54, 1.807) is 12.1 Å². The smallest absolute Gasteiger partial charge is 0.273 e. The van der Waals surface area contributed by atoms with Gasteiger partial charge in [-0.15, -0.1) is 0 Å². The topological polar surface area (TPSA) is 45.2 Å². The molecule has 1 saturated heterocycles. The molecule has 1 fully saturated rings. The third-order valence-electron chi connectivity index (χ3n) is 3.01. The predicted octanol–water partition coefficient (Wildman–Crippen LogP) is 1.56. The van der Waals surface area contributed by atoms with Crippen LogP contribution in [0.25, 0.3) is 0 Å². The highest BCUT2D eigenvalue weighted by molar-refractivity contribution is 6.30. The average Bonchev–Trinajstić information content (AvgIpc) is 2.29. The molecule has 92 valence electrons. The first-order valence-electron chi connectivity index (χ1n) is 5.74. The Kier molecular flexibility index (Phi) is 3.64. The summed E-state index contributed by atoms with van der Waals surface area (Å²) in [5.74, 6) is -0.0248. The summed E-state index contributed by atoms with van der Waals surface area (Å²) in [5.41, 5.74) is 0.454. The molecule has 2 rings (SSSR count). The molecular formula is C12H16ClN3O. The monoisotopic (exact) mass is 253 g/mol. The molecule has 0 spiro atoms. The van der Waals surface area contributed by atoms with Crippen molar-refractivity contribution in [3.05, 3.63) is 29.0 Å². The van der Waals surface area contributed by atoms with Crippen molar-refractivity contribution in [3.8, 4) is 0 Å². The third kappa shape index (κ3) is 2.58. The summed E-state index contributed by atoms with van der Waals surface area (Å²) in [5, 5.41) is 3.84. The number of pyridine rings is 1. The molecule has 1 aromatic heterocycles. The number of nitrogens with zero attached hydrogens (tertiary/aromatic N) is 2. The van der Waals surface area contributed by atoms with Crippen LogP contribution < -0.4 is 5.32 Å². The van der Waals surface area contributed by atoms with E-state index in [2.05, 4.69) is 10.3 Å². The second-order valence-corrected chi connectivity index (χ2v) is 4.87. The van der Waals surface area contributed by atoms with Crippen LogP contribution >= 0.6 is 11.6 Å². The number of hydrogen-bond acceptors (Lipinski definition) is 3. The summed E-state index contributed by atoms with van der Waals surface area (Å²) in [6.07, 6.45) is 1.51. The van der Waals surface area contributed by atoms with Gasteiger partial charge in [0.25, 0.3) is 5.91 Å². The molecule has 0 radical (unpaired) electrons. The maximum absolute atomic E-state index is 12.3. The van der Waals surface area contributed by atoms with Crippen LogP contribution in [-0.2, 0) is 0 Å². The van der Waals surface area contributed by atoms with Crippen LogP contribution in [0.3, 0.4) is 0 Å². The minimum Gasteiger partial charge on any atom is -0.329 e. The summed E-state index contributed by atoms with van der Waals surface area (Å²) in [4.78, 5) is 18.3. The van der Waals surface area contributed by atoms with Crippen LogP contribution in [0.5, 0.6) is 0 Å². The van der Waals surface area contributed by atoms with Crippen molar-refractivity contribution in [3.63, 3.8) is 0 Å². The molecular weight excluding hydrogens is 238 g/mol. The zero-order valence-electron chi connectivity index (χ0n) is 9.98. The average molecular weight is 254 g/mol. The van der Waals surface area contributed by atoms with Gasteiger partial charge >= 0.3 is 0 Å². The SMILES string of the molecule is CC1CNCC(C)N1C(=O)c1ccc(Cl)cn1. The third-order valence-corrected chi connectivity index (χ3v) is 3.23. The molecule has 0 aliphatic carbocycles. The molecule has 2 heterocycles. The number of carbonyl (C=O) groups excluding carboxylic acids is 1. The zero-order chi connectivity index (χ0) is 12.4. The quantitative estimate of drug-likeness (QED) is 0.826. The number of halogens is 1. The lowest BCUT2D eigenvalue weighted by Crippen LogP contribution is -2.57. The largest absolute Gasteiger partial charge is 0.329 e. The van der Waals surface area contributed by atoms with Gasteiger partial charge in [-0.05, 0) is 26.0 Å². The molecule has 1 aliphatic heterocycles. The Morgan fingerprint density at radius 1 is 1.41 bits per heavy atom. The zero-order valence-corrected chi connectivity index (χ0v) is 10.7. The molecule has 17 heavy (non-hydrogen) atoms. The van der Waals surface area contributed by atoms with Crippen LogP contribution in [0.1, 0.15) is 24.3 Å². The predicted molar refractivity (Wildman–Crippen MR) is 67.2 cm³/mol. The van der Waals surface area contributed by atoms with Crippen molar-refractivity contribution in [2.24, 2.45) is 0 Å². The second-order valence-electron chi connectivity index (χ2n) is 4.43. The van der Waals surface area contributed by atoms with Crippen LogP contribution in [-0.4, -0.2) is 41.0 Å². The van der Waals surface area contributed by atoms with E-state index in [0.29, 0.717) is 10.7 Å². The number of rotatable bonds is 1. The van der Waals surface area contributed by atoms with E-state index < -0.39 is 0 Å². The molecule has 5 heteroatoms. The van der Waals surface area contributed by atoms with Crippen molar-refractivity contribution in [1.82, 2.24) is 15.2 Å². The van der Waals surface area contributed by atoms with Gasteiger partial charge in [-0.3, -0.25) is 4.79 Å². The standard InChI is InChI=1S/C12H16ClN3O/c1-8-5-14-6-9(2)16(8)12(17)11-4-3-10(13)7-15-11/h3-4,7-9,14H,5-6H2,1-2H3. The summed E-state index contributed by atoms with van der Waals surface area (Å²) in [6, 6.07) is 3.73. The Hall–Kier alpha value is -1.13. The summed E-state index contributed by atoms with van der Waals surface area (Å²) < 4.78 is 0. The van der Waals surface area contributed by atoms with Gasteiger partial charge in [-0.25, -0.2) is 4.98 Å². The molecule has 1 N–H and O–H groups in total. The number of piperazine rings is 1. The molecule has 1 aromatic rings. The Morgan fingerprint density at radius 2 is 2.06 bits per heavy atom.